The average molecular weight is 139 g/mol. The molecule has 0 saturated heterocycles. The molecule has 0 heteroatoms. The van der Waals surface area contributed by atoms with Gasteiger partial charge >= 0.3 is 0 Å². The largest absolute Gasteiger partial charge is 0.0856 e. The van der Waals surface area contributed by atoms with E-state index in [0.29, 0.717) is 0 Å². The van der Waals surface area contributed by atoms with Crippen LogP contribution in [0.2, 0.25) is 0 Å². The lowest BCUT2D eigenvalue weighted by atomic mass is 10.1. The van der Waals surface area contributed by atoms with Gasteiger partial charge in [0, 0.05) is 0 Å². The highest BCUT2D eigenvalue weighted by Crippen LogP contribution is 2.07. The Morgan fingerprint density at radius 2 is 2.20 bits per heavy atom. The van der Waals surface area contributed by atoms with Crippen LogP contribution >= 0.6 is 0 Å². The monoisotopic (exact) mass is 139 g/mol. The molecule has 1 radical (unpaired) electrons. The van der Waals surface area contributed by atoms with E-state index in [-0.39, 0.29) is 0 Å². The van der Waals surface area contributed by atoms with Crippen molar-refractivity contribution in [2.24, 2.45) is 0 Å². The molecule has 0 N–H and O–H groups in total. The molecule has 0 aliphatic heterocycles. The van der Waals surface area contributed by atoms with Gasteiger partial charge in [-0.2, -0.15) is 0 Å². The maximum absolute atomic E-state index is 3.81. The molecular formula is C10H19. The van der Waals surface area contributed by atoms with Crippen LogP contribution in [0.1, 0.15) is 46.0 Å². The molecule has 0 aromatic carbocycles. The van der Waals surface area contributed by atoms with Gasteiger partial charge in [-0.05, 0) is 26.2 Å². The standard InChI is InChI=1S/C10H19/c1-4-6-8-10(3)9-7-5-2/h9H,1,4-8H2,2-3H3. The Balaban J connectivity index is 3.30. The quantitative estimate of drug-likeness (QED) is 0.509. The van der Waals surface area contributed by atoms with Crippen LogP contribution in [0.3, 0.4) is 0 Å². The first-order valence-corrected chi connectivity index (χ1v) is 4.26. The normalized spacial score (nSPS) is 12.1. The minimum absolute atomic E-state index is 1.07. The Labute approximate surface area is 65.3 Å². The summed E-state index contributed by atoms with van der Waals surface area (Å²) in [5.74, 6) is 0. The molecule has 0 amide bonds. The van der Waals surface area contributed by atoms with E-state index in [1.807, 2.05) is 0 Å². The third-order valence-electron chi connectivity index (χ3n) is 1.60. The van der Waals surface area contributed by atoms with Crippen LogP contribution in [0.5, 0.6) is 0 Å². The molecule has 0 bridgehead atoms. The van der Waals surface area contributed by atoms with Crippen molar-refractivity contribution in [1.82, 2.24) is 0 Å². The van der Waals surface area contributed by atoms with E-state index >= 15 is 0 Å². The predicted molar refractivity (Wildman–Crippen MR) is 47.9 cm³/mol. The van der Waals surface area contributed by atoms with E-state index in [9.17, 15) is 0 Å². The molecule has 0 aliphatic carbocycles. The van der Waals surface area contributed by atoms with E-state index in [0.717, 1.165) is 6.42 Å². The van der Waals surface area contributed by atoms with Gasteiger partial charge in [-0.3, -0.25) is 0 Å². The van der Waals surface area contributed by atoms with Gasteiger partial charge in [-0.1, -0.05) is 38.3 Å². The fourth-order valence-corrected chi connectivity index (χ4v) is 0.897. The Bertz CT molecular complexity index is 90.2. The summed E-state index contributed by atoms with van der Waals surface area (Å²) >= 11 is 0. The predicted octanol–water partition coefficient (Wildman–Crippen LogP) is 3.74. The highest BCUT2D eigenvalue weighted by atomic mass is 13.9. The zero-order valence-electron chi connectivity index (χ0n) is 7.32. The van der Waals surface area contributed by atoms with Gasteiger partial charge in [0.1, 0.15) is 0 Å². The lowest BCUT2D eigenvalue weighted by Crippen LogP contribution is -1.77. The number of unbranched alkanes of at least 4 members (excludes halogenated alkanes) is 2. The van der Waals surface area contributed by atoms with Crippen LogP contribution in [-0.4, -0.2) is 0 Å². The summed E-state index contributed by atoms with van der Waals surface area (Å²) in [5.41, 5.74) is 1.53. The van der Waals surface area contributed by atoms with Crippen LogP contribution in [0.25, 0.3) is 0 Å². The molecule has 10 heavy (non-hydrogen) atoms. The average Bonchev–Trinajstić information content (AvgIpc) is 1.97. The van der Waals surface area contributed by atoms with Gasteiger partial charge in [0.2, 0.25) is 0 Å². The van der Waals surface area contributed by atoms with Crippen molar-refractivity contribution >= 4 is 0 Å². The highest BCUT2D eigenvalue weighted by Gasteiger charge is 1.86. The second-order valence-electron chi connectivity index (χ2n) is 2.80. The van der Waals surface area contributed by atoms with Crippen molar-refractivity contribution < 1.29 is 0 Å². The summed E-state index contributed by atoms with van der Waals surface area (Å²) in [6.07, 6.45) is 8.40. The molecule has 0 aliphatic rings. The molecule has 59 valence electrons. The van der Waals surface area contributed by atoms with Crippen molar-refractivity contribution in [2.75, 3.05) is 0 Å². The van der Waals surface area contributed by atoms with Crippen LogP contribution < -0.4 is 0 Å². The molecule has 0 saturated carbocycles. The first kappa shape index (κ1) is 9.74. The van der Waals surface area contributed by atoms with Crippen molar-refractivity contribution in [2.45, 2.75) is 46.0 Å². The van der Waals surface area contributed by atoms with E-state index in [4.69, 9.17) is 0 Å². The molecule has 0 aromatic heterocycles. The smallest absolute Gasteiger partial charge is 0.0323 e. The van der Waals surface area contributed by atoms with Crippen LogP contribution in [0, 0.1) is 6.92 Å². The van der Waals surface area contributed by atoms with Gasteiger partial charge in [0.15, 0.2) is 0 Å². The number of allylic oxidation sites excluding steroid dienone is 2. The third kappa shape index (κ3) is 5.87. The summed E-state index contributed by atoms with van der Waals surface area (Å²) in [7, 11) is 0. The second kappa shape index (κ2) is 6.85. The Hall–Kier alpha value is -0.260. The third-order valence-corrected chi connectivity index (χ3v) is 1.60. The highest BCUT2D eigenvalue weighted by molar-refractivity contribution is 4.97. The summed E-state index contributed by atoms with van der Waals surface area (Å²) in [6, 6.07) is 0. The molecule has 0 atom stereocenters. The van der Waals surface area contributed by atoms with Gasteiger partial charge < -0.3 is 0 Å². The first-order valence-electron chi connectivity index (χ1n) is 4.26. The topological polar surface area (TPSA) is 0 Å². The molecule has 0 aromatic rings. The molecule has 0 nitrogen and oxygen atoms in total. The molecular weight excluding hydrogens is 120 g/mol. The minimum Gasteiger partial charge on any atom is -0.0856 e. The SMILES string of the molecule is [CH2]CCCC(C)=CCCC. The van der Waals surface area contributed by atoms with Gasteiger partial charge in [0.05, 0.1) is 0 Å². The summed E-state index contributed by atoms with van der Waals surface area (Å²) in [5, 5.41) is 0. The van der Waals surface area contributed by atoms with E-state index in [2.05, 4.69) is 26.8 Å². The molecule has 0 unspecified atom stereocenters. The summed E-state index contributed by atoms with van der Waals surface area (Å²) in [6.45, 7) is 8.24. The fourth-order valence-electron chi connectivity index (χ4n) is 0.897. The molecule has 0 heterocycles. The van der Waals surface area contributed by atoms with Crippen LogP contribution in [-0.2, 0) is 0 Å². The fraction of sp³-hybridized carbons (Fsp3) is 0.700. The second-order valence-corrected chi connectivity index (χ2v) is 2.80. The summed E-state index contributed by atoms with van der Waals surface area (Å²) in [4.78, 5) is 0. The Kier molecular flexibility index (Phi) is 6.68. The molecule has 0 fully saturated rings. The number of hydrogen-bond donors (Lipinski definition) is 0. The van der Waals surface area contributed by atoms with Crippen molar-refractivity contribution in [1.29, 1.82) is 0 Å². The van der Waals surface area contributed by atoms with Crippen LogP contribution in [0.15, 0.2) is 11.6 Å². The number of rotatable bonds is 5. The van der Waals surface area contributed by atoms with Crippen molar-refractivity contribution in [3.63, 3.8) is 0 Å². The van der Waals surface area contributed by atoms with Gasteiger partial charge in [-0.25, -0.2) is 0 Å². The molecule has 0 rings (SSSR count). The Morgan fingerprint density at radius 3 is 2.70 bits per heavy atom. The number of hydrogen-bond acceptors (Lipinski definition) is 0. The van der Waals surface area contributed by atoms with E-state index in [1.165, 1.54) is 31.3 Å². The maximum atomic E-state index is 3.81. The van der Waals surface area contributed by atoms with E-state index in [1.54, 1.807) is 0 Å². The Morgan fingerprint density at radius 1 is 1.50 bits per heavy atom. The van der Waals surface area contributed by atoms with Gasteiger partial charge in [-0.15, -0.1) is 0 Å². The lowest BCUT2D eigenvalue weighted by Gasteiger charge is -1.97. The van der Waals surface area contributed by atoms with E-state index < -0.39 is 0 Å². The van der Waals surface area contributed by atoms with Crippen molar-refractivity contribution in [3.05, 3.63) is 18.6 Å². The zero-order chi connectivity index (χ0) is 7.82. The zero-order valence-corrected chi connectivity index (χ0v) is 7.32. The first-order chi connectivity index (χ1) is 4.81. The minimum atomic E-state index is 1.07. The molecule has 0 spiro atoms. The summed E-state index contributed by atoms with van der Waals surface area (Å²) < 4.78 is 0. The van der Waals surface area contributed by atoms with Crippen LogP contribution in [0.4, 0.5) is 0 Å². The lowest BCUT2D eigenvalue weighted by molar-refractivity contribution is 0.819. The maximum Gasteiger partial charge on any atom is -0.0323 e. The van der Waals surface area contributed by atoms with Gasteiger partial charge in [0.25, 0.3) is 0 Å². The van der Waals surface area contributed by atoms with Crippen molar-refractivity contribution in [3.8, 4) is 0 Å².